The molecule has 3 aromatic rings. The second-order valence-electron chi connectivity index (χ2n) is 4.78. The van der Waals surface area contributed by atoms with Gasteiger partial charge in [-0.2, -0.15) is 0 Å². The van der Waals surface area contributed by atoms with Crippen molar-refractivity contribution in [2.45, 2.75) is 6.92 Å². The molecule has 3 nitrogen and oxygen atoms in total. The number of hydrogen-bond acceptors (Lipinski definition) is 3. The number of hydrogen-bond donors (Lipinski definition) is 1. The number of nitrogen functional groups attached to an aromatic ring is 1. The third-order valence-electron chi connectivity index (χ3n) is 3.31. The molecule has 0 atom stereocenters. The highest BCUT2D eigenvalue weighted by Crippen LogP contribution is 2.32. The second-order valence-corrected chi connectivity index (χ2v) is 5.57. The van der Waals surface area contributed by atoms with E-state index >= 15 is 0 Å². The van der Waals surface area contributed by atoms with Crippen LogP contribution in [-0.2, 0) is 0 Å². The highest BCUT2D eigenvalue weighted by Gasteiger charge is 2.14. The molecule has 104 valence electrons. The van der Waals surface area contributed by atoms with Crippen LogP contribution in [0.3, 0.4) is 0 Å². The number of halogens is 1. The Morgan fingerprint density at radius 2 is 1.57 bits per heavy atom. The van der Waals surface area contributed by atoms with Gasteiger partial charge in [-0.15, -0.1) is 0 Å². The zero-order valence-electron chi connectivity index (χ0n) is 11.5. The number of rotatable bonds is 2. The molecule has 0 fully saturated rings. The number of nitrogens with two attached hydrogens (primary N) is 1. The van der Waals surface area contributed by atoms with E-state index in [9.17, 15) is 0 Å². The van der Waals surface area contributed by atoms with Crippen LogP contribution in [0, 0.1) is 6.92 Å². The van der Waals surface area contributed by atoms with E-state index in [2.05, 4.69) is 20.9 Å². The molecular weight excluding hydrogens is 326 g/mol. The molecule has 3 rings (SSSR count). The van der Waals surface area contributed by atoms with E-state index in [-0.39, 0.29) is 0 Å². The number of aryl methyl sites for hydroxylation is 1. The monoisotopic (exact) mass is 339 g/mol. The summed E-state index contributed by atoms with van der Waals surface area (Å²) in [5.41, 5.74) is 9.98. The van der Waals surface area contributed by atoms with Gasteiger partial charge in [0.15, 0.2) is 5.82 Å². The van der Waals surface area contributed by atoms with Gasteiger partial charge in [-0.05, 0) is 28.4 Å². The van der Waals surface area contributed by atoms with Crippen LogP contribution >= 0.6 is 15.9 Å². The molecule has 0 aliphatic rings. The zero-order valence-corrected chi connectivity index (χ0v) is 13.1. The Hall–Kier alpha value is -2.20. The Kier molecular flexibility index (Phi) is 3.71. The van der Waals surface area contributed by atoms with Gasteiger partial charge in [0.2, 0.25) is 0 Å². The van der Waals surface area contributed by atoms with Crippen LogP contribution < -0.4 is 5.73 Å². The normalized spacial score (nSPS) is 10.6. The second kappa shape index (κ2) is 5.66. The molecule has 0 aliphatic heterocycles. The average molecular weight is 340 g/mol. The lowest BCUT2D eigenvalue weighted by Gasteiger charge is -2.10. The summed E-state index contributed by atoms with van der Waals surface area (Å²) in [6.45, 7) is 2.04. The first-order valence-corrected chi connectivity index (χ1v) is 7.40. The summed E-state index contributed by atoms with van der Waals surface area (Å²) in [6.07, 6.45) is 0. The molecular formula is C17H14BrN3. The minimum Gasteiger partial charge on any atom is -0.383 e. The Morgan fingerprint density at radius 3 is 2.29 bits per heavy atom. The van der Waals surface area contributed by atoms with Gasteiger partial charge in [-0.3, -0.25) is 0 Å². The first kappa shape index (κ1) is 13.8. The molecule has 0 aliphatic carbocycles. The summed E-state index contributed by atoms with van der Waals surface area (Å²) < 4.78 is 0.728. The molecule has 1 heterocycles. The Balaban J connectivity index is 2.22. The van der Waals surface area contributed by atoms with Crippen LogP contribution in [0.1, 0.15) is 5.56 Å². The van der Waals surface area contributed by atoms with Gasteiger partial charge in [0.25, 0.3) is 0 Å². The molecule has 0 bridgehead atoms. The van der Waals surface area contributed by atoms with Crippen LogP contribution in [0.5, 0.6) is 0 Å². The predicted octanol–water partition coefficient (Wildman–Crippen LogP) is 4.46. The molecule has 0 unspecified atom stereocenters. The third-order valence-corrected chi connectivity index (χ3v) is 4.09. The summed E-state index contributed by atoms with van der Waals surface area (Å²) in [5, 5.41) is 0. The van der Waals surface area contributed by atoms with E-state index in [1.54, 1.807) is 0 Å². The standard InChI is InChI=1S/C17H14BrN3/c1-11-7-5-6-10-13(11)17-20-15(14(18)16(19)21-17)12-8-3-2-4-9-12/h2-10H,1H3,(H2,19,20,21). The van der Waals surface area contributed by atoms with Crippen molar-refractivity contribution in [3.05, 3.63) is 64.6 Å². The fourth-order valence-electron chi connectivity index (χ4n) is 2.20. The minimum absolute atomic E-state index is 0.446. The van der Waals surface area contributed by atoms with E-state index in [1.165, 1.54) is 0 Å². The lowest BCUT2D eigenvalue weighted by atomic mass is 10.1. The summed E-state index contributed by atoms with van der Waals surface area (Å²) in [7, 11) is 0. The lowest BCUT2D eigenvalue weighted by molar-refractivity contribution is 1.17. The van der Waals surface area contributed by atoms with Gasteiger partial charge in [-0.25, -0.2) is 9.97 Å². The molecule has 0 saturated heterocycles. The molecule has 2 N–H and O–H groups in total. The highest BCUT2D eigenvalue weighted by atomic mass is 79.9. The quantitative estimate of drug-likeness (QED) is 0.749. The average Bonchev–Trinajstić information content (AvgIpc) is 2.51. The molecule has 1 aromatic heterocycles. The Bertz CT molecular complexity index is 785. The SMILES string of the molecule is Cc1ccccc1-c1nc(N)c(Br)c(-c2ccccc2)n1. The number of benzene rings is 2. The largest absolute Gasteiger partial charge is 0.383 e. The number of anilines is 1. The van der Waals surface area contributed by atoms with Crippen LogP contribution in [0.4, 0.5) is 5.82 Å². The van der Waals surface area contributed by atoms with Gasteiger partial charge < -0.3 is 5.73 Å². The van der Waals surface area contributed by atoms with E-state index in [0.29, 0.717) is 11.6 Å². The number of aromatic nitrogens is 2. The summed E-state index contributed by atoms with van der Waals surface area (Å²) >= 11 is 3.49. The Morgan fingerprint density at radius 1 is 0.905 bits per heavy atom. The maximum absolute atomic E-state index is 6.05. The topological polar surface area (TPSA) is 51.8 Å². The zero-order chi connectivity index (χ0) is 14.8. The van der Waals surface area contributed by atoms with Crippen molar-refractivity contribution in [1.29, 1.82) is 0 Å². The van der Waals surface area contributed by atoms with Crippen molar-refractivity contribution in [2.75, 3.05) is 5.73 Å². The van der Waals surface area contributed by atoms with E-state index in [1.807, 2.05) is 61.5 Å². The smallest absolute Gasteiger partial charge is 0.162 e. The minimum atomic E-state index is 0.446. The van der Waals surface area contributed by atoms with Crippen LogP contribution in [0.15, 0.2) is 59.1 Å². The lowest BCUT2D eigenvalue weighted by Crippen LogP contribution is -2.01. The van der Waals surface area contributed by atoms with E-state index in [0.717, 1.165) is 26.9 Å². The molecule has 2 aromatic carbocycles. The molecule has 4 heteroatoms. The van der Waals surface area contributed by atoms with Gasteiger partial charge in [0, 0.05) is 11.1 Å². The van der Waals surface area contributed by atoms with Gasteiger partial charge in [0.05, 0.1) is 10.2 Å². The molecule has 21 heavy (non-hydrogen) atoms. The first-order valence-electron chi connectivity index (χ1n) is 6.61. The van der Waals surface area contributed by atoms with Crippen molar-refractivity contribution in [3.8, 4) is 22.6 Å². The molecule has 0 spiro atoms. The van der Waals surface area contributed by atoms with Crippen LogP contribution in [0.25, 0.3) is 22.6 Å². The van der Waals surface area contributed by atoms with Crippen LogP contribution in [-0.4, -0.2) is 9.97 Å². The first-order chi connectivity index (χ1) is 10.2. The molecule has 0 amide bonds. The van der Waals surface area contributed by atoms with E-state index in [4.69, 9.17) is 10.7 Å². The van der Waals surface area contributed by atoms with Gasteiger partial charge in [-0.1, -0.05) is 54.6 Å². The maximum atomic E-state index is 6.05. The van der Waals surface area contributed by atoms with Crippen molar-refractivity contribution >= 4 is 21.7 Å². The van der Waals surface area contributed by atoms with Crippen molar-refractivity contribution < 1.29 is 0 Å². The van der Waals surface area contributed by atoms with Gasteiger partial charge in [0.1, 0.15) is 5.82 Å². The van der Waals surface area contributed by atoms with Crippen LogP contribution in [0.2, 0.25) is 0 Å². The van der Waals surface area contributed by atoms with E-state index < -0.39 is 0 Å². The van der Waals surface area contributed by atoms with Crippen molar-refractivity contribution in [3.63, 3.8) is 0 Å². The van der Waals surface area contributed by atoms with Crippen molar-refractivity contribution in [2.24, 2.45) is 0 Å². The highest BCUT2D eigenvalue weighted by molar-refractivity contribution is 9.10. The fraction of sp³-hybridized carbons (Fsp3) is 0.0588. The maximum Gasteiger partial charge on any atom is 0.162 e. The fourth-order valence-corrected chi connectivity index (χ4v) is 2.60. The summed E-state index contributed by atoms with van der Waals surface area (Å²) in [5.74, 6) is 1.09. The third kappa shape index (κ3) is 2.67. The Labute approximate surface area is 132 Å². The summed E-state index contributed by atoms with van der Waals surface area (Å²) in [4.78, 5) is 9.11. The molecule has 0 saturated carbocycles. The predicted molar refractivity (Wildman–Crippen MR) is 89.8 cm³/mol. The van der Waals surface area contributed by atoms with Crippen molar-refractivity contribution in [1.82, 2.24) is 9.97 Å². The summed E-state index contributed by atoms with van der Waals surface area (Å²) in [6, 6.07) is 18.0. The molecule has 0 radical (unpaired) electrons. The van der Waals surface area contributed by atoms with Gasteiger partial charge >= 0.3 is 0 Å². The number of nitrogens with zero attached hydrogens (tertiary/aromatic N) is 2.